The standard InChI is InChI=1S/C24H27N3O3S/c1-17-14-19(18(2)27(17)20-10-6-5-7-11-20)15-21-23(29)26(24(30)31-21)16-22(28)25-12-8-3-4-9-13-25/h5-7,10-11,14-15H,3-4,8-9,12-13,16H2,1-2H3. The van der Waals surface area contributed by atoms with E-state index in [0.717, 1.165) is 65.0 Å². The minimum absolute atomic E-state index is 0.146. The first-order valence-corrected chi connectivity index (χ1v) is 11.5. The van der Waals surface area contributed by atoms with Crippen LogP contribution in [0, 0.1) is 13.8 Å². The van der Waals surface area contributed by atoms with Crippen molar-refractivity contribution >= 4 is 34.9 Å². The zero-order valence-corrected chi connectivity index (χ0v) is 18.8. The molecule has 0 radical (unpaired) electrons. The fraction of sp³-hybridized carbons (Fsp3) is 0.375. The van der Waals surface area contributed by atoms with Crippen LogP contribution in [0.4, 0.5) is 4.79 Å². The molecule has 0 bridgehead atoms. The van der Waals surface area contributed by atoms with Crippen molar-refractivity contribution in [3.63, 3.8) is 0 Å². The highest BCUT2D eigenvalue weighted by molar-refractivity contribution is 8.18. The highest BCUT2D eigenvalue weighted by atomic mass is 32.2. The first-order chi connectivity index (χ1) is 15.0. The Morgan fingerprint density at radius 1 is 1.03 bits per heavy atom. The molecule has 2 aliphatic heterocycles. The second kappa shape index (κ2) is 9.14. The Kier molecular flexibility index (Phi) is 6.32. The molecule has 7 heteroatoms. The van der Waals surface area contributed by atoms with Gasteiger partial charge in [0.05, 0.1) is 4.91 Å². The fourth-order valence-corrected chi connectivity index (χ4v) is 5.07. The average molecular weight is 438 g/mol. The van der Waals surface area contributed by atoms with Crippen LogP contribution in [0.5, 0.6) is 0 Å². The van der Waals surface area contributed by atoms with Gasteiger partial charge < -0.3 is 9.47 Å². The van der Waals surface area contributed by atoms with E-state index in [1.807, 2.05) is 50.2 Å². The lowest BCUT2D eigenvalue weighted by atomic mass is 10.2. The lowest BCUT2D eigenvalue weighted by Crippen LogP contribution is -2.42. The topological polar surface area (TPSA) is 62.6 Å². The highest BCUT2D eigenvalue weighted by Gasteiger charge is 2.37. The Morgan fingerprint density at radius 3 is 2.39 bits per heavy atom. The summed E-state index contributed by atoms with van der Waals surface area (Å²) >= 11 is 0.908. The second-order valence-corrected chi connectivity index (χ2v) is 9.05. The van der Waals surface area contributed by atoms with E-state index in [9.17, 15) is 14.4 Å². The molecule has 2 saturated heterocycles. The minimum Gasteiger partial charge on any atom is -0.341 e. The molecular formula is C24H27N3O3S. The lowest BCUT2D eigenvalue weighted by molar-refractivity contribution is -0.135. The minimum atomic E-state index is -0.386. The van der Waals surface area contributed by atoms with E-state index in [-0.39, 0.29) is 23.6 Å². The van der Waals surface area contributed by atoms with Gasteiger partial charge in [-0.3, -0.25) is 19.3 Å². The Balaban J connectivity index is 1.53. The van der Waals surface area contributed by atoms with Crippen LogP contribution in [0.15, 0.2) is 41.3 Å². The van der Waals surface area contributed by atoms with Crippen molar-refractivity contribution in [1.29, 1.82) is 0 Å². The fourth-order valence-electron chi connectivity index (χ4n) is 4.24. The predicted octanol–water partition coefficient (Wildman–Crippen LogP) is 4.53. The molecule has 2 aliphatic rings. The zero-order valence-electron chi connectivity index (χ0n) is 18.0. The van der Waals surface area contributed by atoms with E-state index < -0.39 is 0 Å². The molecule has 2 fully saturated rings. The molecule has 6 nitrogen and oxygen atoms in total. The van der Waals surface area contributed by atoms with Gasteiger partial charge in [0.15, 0.2) is 0 Å². The molecule has 31 heavy (non-hydrogen) atoms. The SMILES string of the molecule is Cc1cc(C=C2SC(=O)N(CC(=O)N3CCCCCC3)C2=O)c(C)n1-c1ccccc1. The molecule has 3 amide bonds. The van der Waals surface area contributed by atoms with Crippen LogP contribution >= 0.6 is 11.8 Å². The van der Waals surface area contributed by atoms with Gasteiger partial charge in [-0.1, -0.05) is 31.0 Å². The van der Waals surface area contributed by atoms with Gasteiger partial charge in [-0.2, -0.15) is 0 Å². The van der Waals surface area contributed by atoms with Crippen LogP contribution < -0.4 is 0 Å². The number of aryl methyl sites for hydroxylation is 1. The Bertz CT molecular complexity index is 1030. The van der Waals surface area contributed by atoms with E-state index >= 15 is 0 Å². The molecule has 3 heterocycles. The van der Waals surface area contributed by atoms with Crippen molar-refractivity contribution in [3.8, 4) is 5.69 Å². The summed E-state index contributed by atoms with van der Waals surface area (Å²) in [4.78, 5) is 41.3. The third-order valence-electron chi connectivity index (χ3n) is 5.90. The van der Waals surface area contributed by atoms with Gasteiger partial charge >= 0.3 is 0 Å². The number of para-hydroxylation sites is 1. The van der Waals surface area contributed by atoms with Crippen molar-refractivity contribution in [3.05, 3.63) is 58.3 Å². The summed E-state index contributed by atoms with van der Waals surface area (Å²) in [6.07, 6.45) is 5.96. The number of likely N-dealkylation sites (tertiary alicyclic amines) is 1. The Hall–Kier alpha value is -2.80. The first-order valence-electron chi connectivity index (χ1n) is 10.7. The molecular weight excluding hydrogens is 410 g/mol. The normalized spacial score (nSPS) is 18.7. The lowest BCUT2D eigenvalue weighted by Gasteiger charge is -2.22. The van der Waals surface area contributed by atoms with Gasteiger partial charge in [0.1, 0.15) is 6.54 Å². The quantitative estimate of drug-likeness (QED) is 0.659. The molecule has 0 unspecified atom stereocenters. The molecule has 0 atom stereocenters. The summed E-state index contributed by atoms with van der Waals surface area (Å²) in [5.74, 6) is -0.532. The van der Waals surface area contributed by atoms with E-state index in [4.69, 9.17) is 0 Å². The van der Waals surface area contributed by atoms with Gasteiger partial charge in [-0.25, -0.2) is 0 Å². The number of rotatable bonds is 4. The molecule has 1 aromatic heterocycles. The van der Waals surface area contributed by atoms with Crippen LogP contribution in [-0.2, 0) is 9.59 Å². The Morgan fingerprint density at radius 2 is 1.71 bits per heavy atom. The summed E-state index contributed by atoms with van der Waals surface area (Å²) in [5, 5.41) is -0.378. The number of amides is 3. The van der Waals surface area contributed by atoms with Crippen LogP contribution in [-0.4, -0.2) is 51.1 Å². The van der Waals surface area contributed by atoms with Crippen LogP contribution in [0.1, 0.15) is 42.6 Å². The first kappa shape index (κ1) is 21.4. The monoisotopic (exact) mass is 437 g/mol. The summed E-state index contributed by atoms with van der Waals surface area (Å²) in [6, 6.07) is 12.0. The summed E-state index contributed by atoms with van der Waals surface area (Å²) in [7, 11) is 0. The van der Waals surface area contributed by atoms with Crippen molar-refractivity contribution < 1.29 is 14.4 Å². The summed E-state index contributed by atoms with van der Waals surface area (Å²) < 4.78 is 2.12. The number of benzene rings is 1. The van der Waals surface area contributed by atoms with Crippen molar-refractivity contribution in [2.24, 2.45) is 0 Å². The van der Waals surface area contributed by atoms with Gasteiger partial charge in [0.2, 0.25) is 5.91 Å². The van der Waals surface area contributed by atoms with E-state index in [0.29, 0.717) is 18.0 Å². The van der Waals surface area contributed by atoms with Gasteiger partial charge in [-0.05, 0) is 68.3 Å². The highest BCUT2D eigenvalue weighted by Crippen LogP contribution is 2.33. The van der Waals surface area contributed by atoms with Gasteiger partial charge in [0, 0.05) is 30.2 Å². The second-order valence-electron chi connectivity index (χ2n) is 8.06. The van der Waals surface area contributed by atoms with Crippen molar-refractivity contribution in [2.45, 2.75) is 39.5 Å². The molecule has 1 aromatic carbocycles. The number of hydrogen-bond donors (Lipinski definition) is 0. The van der Waals surface area contributed by atoms with E-state index in [1.54, 1.807) is 11.0 Å². The number of hydrogen-bond acceptors (Lipinski definition) is 4. The van der Waals surface area contributed by atoms with E-state index in [2.05, 4.69) is 4.57 Å². The third kappa shape index (κ3) is 4.46. The van der Waals surface area contributed by atoms with E-state index in [1.165, 1.54) is 0 Å². The molecule has 0 N–H and O–H groups in total. The third-order valence-corrected chi connectivity index (χ3v) is 6.80. The average Bonchev–Trinajstić information content (AvgIpc) is 3.04. The maximum absolute atomic E-state index is 12.9. The molecule has 0 spiro atoms. The predicted molar refractivity (Wildman–Crippen MR) is 123 cm³/mol. The van der Waals surface area contributed by atoms with Crippen LogP contribution in [0.3, 0.4) is 0 Å². The summed E-state index contributed by atoms with van der Waals surface area (Å²) in [6.45, 7) is 5.25. The molecule has 4 rings (SSSR count). The smallest absolute Gasteiger partial charge is 0.294 e. The largest absolute Gasteiger partial charge is 0.341 e. The van der Waals surface area contributed by atoms with Crippen molar-refractivity contribution in [2.75, 3.05) is 19.6 Å². The number of thioether (sulfide) groups is 1. The number of nitrogens with zero attached hydrogens (tertiary/aromatic N) is 3. The number of aromatic nitrogens is 1. The molecule has 0 saturated carbocycles. The summed E-state index contributed by atoms with van der Waals surface area (Å²) in [5.41, 5.74) is 3.99. The van der Waals surface area contributed by atoms with Gasteiger partial charge in [-0.15, -0.1) is 0 Å². The molecule has 2 aromatic rings. The Labute approximate surface area is 186 Å². The maximum Gasteiger partial charge on any atom is 0.294 e. The van der Waals surface area contributed by atoms with Gasteiger partial charge in [0.25, 0.3) is 11.1 Å². The zero-order chi connectivity index (χ0) is 22.0. The molecule has 0 aliphatic carbocycles. The molecule has 162 valence electrons. The van der Waals surface area contributed by atoms with Crippen LogP contribution in [0.2, 0.25) is 0 Å². The van der Waals surface area contributed by atoms with Crippen molar-refractivity contribution in [1.82, 2.24) is 14.4 Å². The van der Waals surface area contributed by atoms with Crippen LogP contribution in [0.25, 0.3) is 11.8 Å². The number of imide groups is 1. The number of carbonyl (C=O) groups excluding carboxylic acids is 3. The maximum atomic E-state index is 12.9. The number of carbonyl (C=O) groups is 3.